The predicted molar refractivity (Wildman–Crippen MR) is 140 cm³/mol. The molecule has 0 bridgehead atoms. The van der Waals surface area contributed by atoms with Crippen LogP contribution in [0.15, 0.2) is 0 Å². The molecule has 0 radical (unpaired) electrons. The SMILES string of the molecule is CC(C)(C)C(=O)N(C1CC1)C(C)(C)C(C)(C)CCC(C)(C)C(=O)N(C1CC1)[C@@H](CO)C(C)(C)C. The van der Waals surface area contributed by atoms with Gasteiger partial charge in [-0.2, -0.15) is 0 Å². The molecule has 2 fully saturated rings. The van der Waals surface area contributed by atoms with E-state index in [1.54, 1.807) is 0 Å². The maximum atomic E-state index is 13.9. The van der Waals surface area contributed by atoms with E-state index in [0.29, 0.717) is 6.04 Å². The van der Waals surface area contributed by atoms with Gasteiger partial charge in [-0.3, -0.25) is 9.59 Å². The average molecular weight is 479 g/mol. The number of carbonyl (C=O) groups is 2. The Morgan fingerprint density at radius 1 is 0.765 bits per heavy atom. The molecular formula is C29H54N2O3. The van der Waals surface area contributed by atoms with Crippen LogP contribution < -0.4 is 0 Å². The molecule has 34 heavy (non-hydrogen) atoms. The Morgan fingerprint density at radius 2 is 1.24 bits per heavy atom. The van der Waals surface area contributed by atoms with Crippen LogP contribution in [0.25, 0.3) is 0 Å². The molecule has 2 aliphatic carbocycles. The number of nitrogens with zero attached hydrogens (tertiary/aromatic N) is 2. The first-order chi connectivity index (χ1) is 15.2. The second-order valence-electron chi connectivity index (χ2n) is 15.0. The molecule has 0 spiro atoms. The van der Waals surface area contributed by atoms with Crippen LogP contribution in [-0.2, 0) is 9.59 Å². The lowest BCUT2D eigenvalue weighted by atomic mass is 9.67. The summed E-state index contributed by atoms with van der Waals surface area (Å²) in [4.78, 5) is 31.5. The zero-order valence-electron chi connectivity index (χ0n) is 24.3. The third-order valence-electron chi connectivity index (χ3n) is 8.67. The Labute approximate surface area is 210 Å². The third kappa shape index (κ3) is 6.17. The van der Waals surface area contributed by atoms with Crippen molar-refractivity contribution in [3.05, 3.63) is 0 Å². The maximum Gasteiger partial charge on any atom is 0.228 e. The molecule has 0 saturated heterocycles. The van der Waals surface area contributed by atoms with Crippen LogP contribution in [0.2, 0.25) is 0 Å². The van der Waals surface area contributed by atoms with Gasteiger partial charge < -0.3 is 14.9 Å². The molecule has 0 aromatic carbocycles. The van der Waals surface area contributed by atoms with Crippen molar-refractivity contribution in [1.82, 2.24) is 9.80 Å². The van der Waals surface area contributed by atoms with Gasteiger partial charge in [0.05, 0.1) is 12.6 Å². The lowest BCUT2D eigenvalue weighted by Gasteiger charge is -2.52. The molecule has 1 N–H and O–H groups in total. The summed E-state index contributed by atoms with van der Waals surface area (Å²) < 4.78 is 0. The fraction of sp³-hybridized carbons (Fsp3) is 0.931. The second kappa shape index (κ2) is 9.41. The number of aliphatic hydroxyl groups excluding tert-OH is 1. The highest BCUT2D eigenvalue weighted by Gasteiger charge is 2.52. The number of amides is 2. The number of hydrogen-bond acceptors (Lipinski definition) is 3. The summed E-state index contributed by atoms with van der Waals surface area (Å²) >= 11 is 0. The van der Waals surface area contributed by atoms with Crippen LogP contribution in [-0.4, -0.2) is 57.0 Å². The lowest BCUT2D eigenvalue weighted by molar-refractivity contribution is -0.153. The minimum Gasteiger partial charge on any atom is -0.394 e. The van der Waals surface area contributed by atoms with Crippen molar-refractivity contribution in [2.75, 3.05) is 6.61 Å². The Kier molecular flexibility index (Phi) is 8.06. The van der Waals surface area contributed by atoms with E-state index in [-0.39, 0.29) is 46.9 Å². The van der Waals surface area contributed by atoms with Crippen LogP contribution >= 0.6 is 0 Å². The van der Waals surface area contributed by atoms with Gasteiger partial charge in [0.25, 0.3) is 0 Å². The van der Waals surface area contributed by atoms with Crippen molar-refractivity contribution in [1.29, 1.82) is 0 Å². The maximum absolute atomic E-state index is 13.9. The van der Waals surface area contributed by atoms with Crippen LogP contribution in [0.1, 0.15) is 122 Å². The molecular weight excluding hydrogens is 424 g/mol. The Balaban J connectivity index is 2.23. The van der Waals surface area contributed by atoms with E-state index in [1.165, 1.54) is 0 Å². The van der Waals surface area contributed by atoms with Gasteiger partial charge >= 0.3 is 0 Å². The van der Waals surface area contributed by atoms with Gasteiger partial charge in [0, 0.05) is 28.5 Å². The highest BCUT2D eigenvalue weighted by Crippen LogP contribution is 2.48. The van der Waals surface area contributed by atoms with Gasteiger partial charge in [0.2, 0.25) is 11.8 Å². The first-order valence-electron chi connectivity index (χ1n) is 13.5. The summed E-state index contributed by atoms with van der Waals surface area (Å²) in [5.41, 5.74) is -1.62. The molecule has 0 aromatic heterocycles. The molecule has 2 rings (SSSR count). The minimum absolute atomic E-state index is 0.00833. The minimum atomic E-state index is -0.535. The summed E-state index contributed by atoms with van der Waals surface area (Å²) in [6.07, 6.45) is 5.80. The topological polar surface area (TPSA) is 60.9 Å². The van der Waals surface area contributed by atoms with Crippen molar-refractivity contribution in [3.8, 4) is 0 Å². The highest BCUT2D eigenvalue weighted by molar-refractivity contribution is 5.83. The highest BCUT2D eigenvalue weighted by atomic mass is 16.3. The van der Waals surface area contributed by atoms with E-state index in [4.69, 9.17) is 0 Å². The predicted octanol–water partition coefficient (Wildman–Crippen LogP) is 6.03. The van der Waals surface area contributed by atoms with Gasteiger partial charge in [-0.25, -0.2) is 0 Å². The molecule has 0 heterocycles. The number of carbonyl (C=O) groups excluding carboxylic acids is 2. The summed E-state index contributed by atoms with van der Waals surface area (Å²) in [6.45, 7) is 25.4. The van der Waals surface area contributed by atoms with Gasteiger partial charge in [0.15, 0.2) is 0 Å². The van der Waals surface area contributed by atoms with Gasteiger partial charge in [0.1, 0.15) is 0 Å². The number of rotatable bonds is 10. The summed E-state index contributed by atoms with van der Waals surface area (Å²) in [5.74, 6) is 0.377. The largest absolute Gasteiger partial charge is 0.394 e. The second-order valence-corrected chi connectivity index (χ2v) is 15.0. The third-order valence-corrected chi connectivity index (χ3v) is 8.67. The first kappa shape index (κ1) is 29.1. The molecule has 0 aromatic rings. The molecule has 2 amide bonds. The van der Waals surface area contributed by atoms with Crippen molar-refractivity contribution in [2.24, 2.45) is 21.7 Å². The zero-order valence-corrected chi connectivity index (χ0v) is 24.3. The fourth-order valence-electron chi connectivity index (χ4n) is 4.98. The average Bonchev–Trinajstić information content (AvgIpc) is 3.56. The van der Waals surface area contributed by atoms with Crippen molar-refractivity contribution >= 4 is 11.8 Å². The molecule has 2 saturated carbocycles. The van der Waals surface area contributed by atoms with E-state index in [9.17, 15) is 14.7 Å². The summed E-state index contributed by atoms with van der Waals surface area (Å²) in [6, 6.07) is 0.409. The smallest absolute Gasteiger partial charge is 0.228 e. The van der Waals surface area contributed by atoms with Gasteiger partial charge in [-0.15, -0.1) is 0 Å². The Morgan fingerprint density at radius 3 is 1.59 bits per heavy atom. The molecule has 5 heteroatoms. The van der Waals surface area contributed by atoms with Gasteiger partial charge in [-0.1, -0.05) is 69.2 Å². The van der Waals surface area contributed by atoms with Crippen molar-refractivity contribution in [3.63, 3.8) is 0 Å². The standard InChI is InChI=1S/C29H54N2O3/c1-25(2,3)22(19-32)30(20-13-14-20)24(34)27(7,8)17-18-28(9,10)29(11,12)31(21-15-16-21)23(33)26(4,5)6/h20-22,32H,13-19H2,1-12H3/t22-/m0/s1. The van der Waals surface area contributed by atoms with Crippen LogP contribution in [0.3, 0.4) is 0 Å². The van der Waals surface area contributed by atoms with Gasteiger partial charge in [-0.05, 0) is 63.2 Å². The van der Waals surface area contributed by atoms with E-state index >= 15 is 0 Å². The van der Waals surface area contributed by atoms with Crippen molar-refractivity contribution < 1.29 is 14.7 Å². The number of aliphatic hydroxyl groups is 1. The molecule has 0 aliphatic heterocycles. The molecule has 0 unspecified atom stereocenters. The van der Waals surface area contributed by atoms with Crippen LogP contribution in [0.4, 0.5) is 0 Å². The Hall–Kier alpha value is -1.10. The van der Waals surface area contributed by atoms with E-state index in [1.807, 2.05) is 25.7 Å². The summed E-state index contributed by atoms with van der Waals surface area (Å²) in [7, 11) is 0. The molecule has 2 aliphatic rings. The van der Waals surface area contributed by atoms with E-state index in [2.05, 4.69) is 67.2 Å². The lowest BCUT2D eigenvalue weighted by Crippen LogP contribution is -2.60. The number of hydrogen-bond donors (Lipinski definition) is 1. The summed E-state index contributed by atoms with van der Waals surface area (Å²) in [5, 5.41) is 10.2. The van der Waals surface area contributed by atoms with Crippen molar-refractivity contribution in [2.45, 2.75) is 145 Å². The van der Waals surface area contributed by atoms with E-state index in [0.717, 1.165) is 38.5 Å². The fourth-order valence-corrected chi connectivity index (χ4v) is 4.98. The van der Waals surface area contributed by atoms with E-state index < -0.39 is 10.8 Å². The first-order valence-corrected chi connectivity index (χ1v) is 13.5. The molecule has 1 atom stereocenters. The monoisotopic (exact) mass is 478 g/mol. The molecule has 198 valence electrons. The van der Waals surface area contributed by atoms with Crippen LogP contribution in [0.5, 0.6) is 0 Å². The quantitative estimate of drug-likeness (QED) is 0.417. The zero-order chi connectivity index (χ0) is 26.5. The molecule has 5 nitrogen and oxygen atoms in total. The Bertz CT molecular complexity index is 746. The van der Waals surface area contributed by atoms with Crippen LogP contribution in [0, 0.1) is 21.7 Å². The normalized spacial score (nSPS) is 19.1.